The molecule has 0 bridgehead atoms. The minimum atomic E-state index is -0.915. The van der Waals surface area contributed by atoms with Gasteiger partial charge in [-0.3, -0.25) is 25.2 Å². The van der Waals surface area contributed by atoms with Crippen LogP contribution in [0.3, 0.4) is 0 Å². The molecule has 0 saturated carbocycles. The molecule has 1 aromatic carbocycles. The molecule has 0 atom stereocenters. The molecule has 0 spiro atoms. The monoisotopic (exact) mass is 307 g/mol. The first kappa shape index (κ1) is 17.5. The van der Waals surface area contributed by atoms with E-state index in [4.69, 9.17) is 4.74 Å². The quantitative estimate of drug-likeness (QED) is 0.543. The Morgan fingerprint density at radius 2 is 1.68 bits per heavy atom. The molecule has 0 aliphatic rings. The van der Waals surface area contributed by atoms with Crippen LogP contribution in [0.4, 0.5) is 0 Å². The number of amides is 3. The molecule has 0 heterocycles. The summed E-state index contributed by atoms with van der Waals surface area (Å²) in [5.74, 6) is -1.50. The van der Waals surface area contributed by atoms with Crippen LogP contribution in [0.5, 0.6) is 5.75 Å². The van der Waals surface area contributed by atoms with Gasteiger partial charge in [-0.05, 0) is 32.9 Å². The van der Waals surface area contributed by atoms with Gasteiger partial charge in [0.1, 0.15) is 5.75 Å². The van der Waals surface area contributed by atoms with Gasteiger partial charge in [0.2, 0.25) is 5.91 Å². The van der Waals surface area contributed by atoms with E-state index in [0.29, 0.717) is 5.75 Å². The summed E-state index contributed by atoms with van der Waals surface area (Å²) in [4.78, 5) is 34.1. The van der Waals surface area contributed by atoms with Crippen molar-refractivity contribution < 1.29 is 19.1 Å². The molecule has 0 aliphatic heterocycles. The number of carbonyl (C=O) groups excluding carboxylic acids is 3. The molecule has 22 heavy (non-hydrogen) atoms. The lowest BCUT2D eigenvalue weighted by Gasteiger charge is -2.10. The molecule has 0 aliphatic carbocycles. The van der Waals surface area contributed by atoms with E-state index < -0.39 is 17.7 Å². The van der Waals surface area contributed by atoms with Crippen molar-refractivity contribution in [2.75, 3.05) is 6.61 Å². The largest absolute Gasteiger partial charge is 0.493 e. The van der Waals surface area contributed by atoms with Gasteiger partial charge in [0.05, 0.1) is 13.0 Å². The van der Waals surface area contributed by atoms with Gasteiger partial charge in [0.25, 0.3) is 0 Å². The van der Waals surface area contributed by atoms with Gasteiger partial charge in [-0.1, -0.05) is 17.7 Å². The molecule has 0 unspecified atom stereocenters. The fourth-order valence-corrected chi connectivity index (χ4v) is 1.47. The van der Waals surface area contributed by atoms with Gasteiger partial charge in [-0.2, -0.15) is 0 Å². The lowest BCUT2D eigenvalue weighted by molar-refractivity contribution is -0.141. The molecule has 1 aromatic rings. The van der Waals surface area contributed by atoms with Crippen LogP contribution in [-0.2, 0) is 14.4 Å². The number of rotatable bonds is 5. The van der Waals surface area contributed by atoms with Crippen LogP contribution in [0.1, 0.15) is 25.8 Å². The van der Waals surface area contributed by atoms with Crippen molar-refractivity contribution in [1.29, 1.82) is 0 Å². The van der Waals surface area contributed by atoms with Crippen molar-refractivity contribution in [3.63, 3.8) is 0 Å². The summed E-state index contributed by atoms with van der Waals surface area (Å²) in [7, 11) is 0. The normalized spacial score (nSPS) is 10.0. The van der Waals surface area contributed by atoms with Gasteiger partial charge in [-0.15, -0.1) is 0 Å². The number of carbonyl (C=O) groups is 3. The van der Waals surface area contributed by atoms with E-state index in [9.17, 15) is 14.4 Å². The molecule has 0 aromatic heterocycles. The third-order valence-corrected chi connectivity index (χ3v) is 2.56. The first-order valence-corrected chi connectivity index (χ1v) is 6.97. The Hall–Kier alpha value is -2.57. The SMILES string of the molecule is Cc1ccc(OCCC(=O)NNC(=O)C(=O)NC(C)C)cc1. The maximum absolute atomic E-state index is 11.5. The molecule has 0 radical (unpaired) electrons. The predicted octanol–water partition coefficient (Wildman–Crippen LogP) is 0.436. The van der Waals surface area contributed by atoms with Gasteiger partial charge < -0.3 is 10.1 Å². The van der Waals surface area contributed by atoms with E-state index in [1.807, 2.05) is 36.6 Å². The average molecular weight is 307 g/mol. The number of benzene rings is 1. The minimum Gasteiger partial charge on any atom is -0.493 e. The highest BCUT2D eigenvalue weighted by Crippen LogP contribution is 2.11. The van der Waals surface area contributed by atoms with Crippen LogP contribution < -0.4 is 20.9 Å². The summed E-state index contributed by atoms with van der Waals surface area (Å²) in [6.07, 6.45) is 0.0555. The Bertz CT molecular complexity index is 526. The lowest BCUT2D eigenvalue weighted by atomic mass is 10.2. The number of nitrogens with one attached hydrogen (secondary N) is 3. The standard InChI is InChI=1S/C15H21N3O4/c1-10(2)16-14(20)15(21)18-17-13(19)8-9-22-12-6-4-11(3)5-7-12/h4-7,10H,8-9H2,1-3H3,(H,16,20)(H,17,19)(H,18,21). The fraction of sp³-hybridized carbons (Fsp3) is 0.400. The molecule has 3 amide bonds. The van der Waals surface area contributed by atoms with Gasteiger partial charge in [-0.25, -0.2) is 0 Å². The van der Waals surface area contributed by atoms with E-state index >= 15 is 0 Å². The smallest absolute Gasteiger partial charge is 0.327 e. The highest BCUT2D eigenvalue weighted by atomic mass is 16.5. The molecule has 0 saturated heterocycles. The summed E-state index contributed by atoms with van der Waals surface area (Å²) >= 11 is 0. The Balaban J connectivity index is 2.22. The molecular formula is C15H21N3O4. The van der Waals surface area contributed by atoms with E-state index in [-0.39, 0.29) is 19.1 Å². The Morgan fingerprint density at radius 3 is 2.27 bits per heavy atom. The lowest BCUT2D eigenvalue weighted by Crippen LogP contribution is -2.49. The second kappa shape index (κ2) is 8.66. The average Bonchev–Trinajstić information content (AvgIpc) is 2.46. The number of aryl methyl sites for hydroxylation is 1. The molecule has 7 nitrogen and oxygen atoms in total. The van der Waals surface area contributed by atoms with Crippen molar-refractivity contribution in [2.45, 2.75) is 33.2 Å². The Kier molecular flexibility index (Phi) is 6.88. The first-order valence-electron chi connectivity index (χ1n) is 6.97. The summed E-state index contributed by atoms with van der Waals surface area (Å²) in [6, 6.07) is 7.28. The maximum atomic E-state index is 11.5. The van der Waals surface area contributed by atoms with Crippen molar-refractivity contribution in [1.82, 2.24) is 16.2 Å². The molecule has 0 fully saturated rings. The number of hydrogen-bond donors (Lipinski definition) is 3. The van der Waals surface area contributed by atoms with Crippen molar-refractivity contribution >= 4 is 17.7 Å². The number of hydrazine groups is 1. The van der Waals surface area contributed by atoms with E-state index in [2.05, 4.69) is 10.7 Å². The van der Waals surface area contributed by atoms with Gasteiger partial charge in [0, 0.05) is 6.04 Å². The predicted molar refractivity (Wildman–Crippen MR) is 80.9 cm³/mol. The summed E-state index contributed by atoms with van der Waals surface area (Å²) in [5, 5.41) is 2.41. The van der Waals surface area contributed by atoms with Gasteiger partial charge in [0.15, 0.2) is 0 Å². The summed E-state index contributed by atoms with van der Waals surface area (Å²) < 4.78 is 5.39. The van der Waals surface area contributed by atoms with Crippen molar-refractivity contribution in [3.8, 4) is 5.75 Å². The molecule has 1 rings (SSSR count). The van der Waals surface area contributed by atoms with Crippen LogP contribution >= 0.6 is 0 Å². The van der Waals surface area contributed by atoms with Crippen LogP contribution in [0.2, 0.25) is 0 Å². The zero-order valence-corrected chi connectivity index (χ0v) is 12.9. The summed E-state index contributed by atoms with van der Waals surface area (Å²) in [6.45, 7) is 5.59. The molecule has 120 valence electrons. The van der Waals surface area contributed by atoms with E-state index in [0.717, 1.165) is 5.56 Å². The zero-order valence-electron chi connectivity index (χ0n) is 12.9. The topological polar surface area (TPSA) is 96.5 Å². The second-order valence-electron chi connectivity index (χ2n) is 5.04. The third-order valence-electron chi connectivity index (χ3n) is 2.56. The van der Waals surface area contributed by atoms with Crippen LogP contribution in [0.25, 0.3) is 0 Å². The number of ether oxygens (including phenoxy) is 1. The Morgan fingerprint density at radius 1 is 1.05 bits per heavy atom. The number of hydrogen-bond acceptors (Lipinski definition) is 4. The van der Waals surface area contributed by atoms with E-state index in [1.54, 1.807) is 13.8 Å². The van der Waals surface area contributed by atoms with Crippen molar-refractivity contribution in [2.24, 2.45) is 0 Å². The highest BCUT2D eigenvalue weighted by molar-refractivity contribution is 6.35. The van der Waals surface area contributed by atoms with E-state index in [1.165, 1.54) is 0 Å². The third kappa shape index (κ3) is 6.74. The maximum Gasteiger partial charge on any atom is 0.327 e. The molecule has 7 heteroatoms. The second-order valence-corrected chi connectivity index (χ2v) is 5.04. The van der Waals surface area contributed by atoms with Crippen LogP contribution in [0.15, 0.2) is 24.3 Å². The van der Waals surface area contributed by atoms with Gasteiger partial charge >= 0.3 is 11.8 Å². The van der Waals surface area contributed by atoms with Crippen LogP contribution in [-0.4, -0.2) is 30.4 Å². The first-order chi connectivity index (χ1) is 10.4. The molecular weight excluding hydrogens is 286 g/mol. The summed E-state index contributed by atoms with van der Waals surface area (Å²) in [5.41, 5.74) is 5.31. The highest BCUT2D eigenvalue weighted by Gasteiger charge is 2.14. The Labute approximate surface area is 129 Å². The van der Waals surface area contributed by atoms with Crippen molar-refractivity contribution in [3.05, 3.63) is 29.8 Å². The zero-order chi connectivity index (χ0) is 16.5. The minimum absolute atomic E-state index is 0.0555. The van der Waals surface area contributed by atoms with Crippen LogP contribution in [0, 0.1) is 6.92 Å². The fourth-order valence-electron chi connectivity index (χ4n) is 1.47. The molecule has 3 N–H and O–H groups in total.